The molecule has 0 aliphatic heterocycles. The van der Waals surface area contributed by atoms with Crippen LogP contribution < -0.4 is 0 Å². The molecule has 0 atom stereocenters. The van der Waals surface area contributed by atoms with Crippen molar-refractivity contribution < 1.29 is 30.9 Å². The fraction of sp³-hybridized carbons (Fsp3) is 0.667. The van der Waals surface area contributed by atoms with Gasteiger partial charge in [0.25, 0.3) is 8.15 Å². The fourth-order valence-electron chi connectivity index (χ4n) is 0.465. The average molecular weight is 240 g/mol. The van der Waals surface area contributed by atoms with E-state index in [-0.39, 0.29) is 5.57 Å². The lowest BCUT2D eigenvalue weighted by atomic mass is 10.4. The largest absolute Gasteiger partial charge is 0.439 e. The van der Waals surface area contributed by atoms with Gasteiger partial charge < -0.3 is 4.52 Å². The molecule has 0 unspecified atom stereocenters. The van der Waals surface area contributed by atoms with Crippen LogP contribution in [0.15, 0.2) is 12.2 Å². The maximum atomic E-state index is 11.8. The third-order valence-corrected chi connectivity index (χ3v) is 2.21. The minimum absolute atomic E-state index is 0.103. The van der Waals surface area contributed by atoms with Crippen molar-refractivity contribution in [3.63, 3.8) is 0 Å². The van der Waals surface area contributed by atoms with Crippen LogP contribution in [0, 0.1) is 0 Å². The van der Waals surface area contributed by atoms with Crippen LogP contribution >= 0.6 is 8.15 Å². The summed E-state index contributed by atoms with van der Waals surface area (Å²) in [5.41, 5.74) is 0.103. The predicted molar refractivity (Wildman–Crippen MR) is 39.8 cm³/mol. The Hall–Kier alpha value is -0.290. The highest BCUT2D eigenvalue weighted by Gasteiger charge is 2.58. The molecule has 0 saturated heterocycles. The van der Waals surface area contributed by atoms with Gasteiger partial charge in [-0.3, -0.25) is 0 Å². The zero-order valence-electron chi connectivity index (χ0n) is 7.04. The summed E-state index contributed by atoms with van der Waals surface area (Å²) in [7, 11) is -4.44. The molecule has 1 nitrogen and oxygen atoms in total. The zero-order valence-corrected chi connectivity index (χ0v) is 7.93. The standard InChI is InChI=1S/C6H7F6OP/c1-4(2)3-13-14(5(7,8)9)6(10,11)12/h1,3H2,2H3. The van der Waals surface area contributed by atoms with E-state index < -0.39 is 26.6 Å². The molecule has 0 rings (SSSR count). The van der Waals surface area contributed by atoms with Gasteiger partial charge in [0, 0.05) is 0 Å². The Morgan fingerprint density at radius 2 is 1.50 bits per heavy atom. The number of rotatable bonds is 3. The SMILES string of the molecule is C=C(C)COP(C(F)(F)F)C(F)(F)F. The van der Waals surface area contributed by atoms with Gasteiger partial charge in [-0.15, -0.1) is 0 Å². The minimum Gasteiger partial charge on any atom is -0.339 e. The van der Waals surface area contributed by atoms with Gasteiger partial charge in [0.1, 0.15) is 0 Å². The lowest BCUT2D eigenvalue weighted by molar-refractivity contribution is -0.0978. The summed E-state index contributed by atoms with van der Waals surface area (Å²) in [5.74, 6) is -10.8. The smallest absolute Gasteiger partial charge is 0.339 e. The Balaban J connectivity index is 4.51. The topological polar surface area (TPSA) is 9.23 Å². The Kier molecular flexibility index (Phi) is 4.39. The number of hydrogen-bond acceptors (Lipinski definition) is 1. The molecule has 0 amide bonds. The molecule has 0 heterocycles. The highest BCUT2D eigenvalue weighted by Crippen LogP contribution is 2.65. The van der Waals surface area contributed by atoms with Gasteiger partial charge in [-0.2, -0.15) is 26.3 Å². The summed E-state index contributed by atoms with van der Waals surface area (Å²) in [4.78, 5) is 0. The van der Waals surface area contributed by atoms with Crippen LogP contribution in [0.4, 0.5) is 26.3 Å². The Morgan fingerprint density at radius 1 is 1.14 bits per heavy atom. The molecule has 0 fully saturated rings. The van der Waals surface area contributed by atoms with Crippen LogP contribution in [-0.2, 0) is 4.52 Å². The van der Waals surface area contributed by atoms with Gasteiger partial charge in [0.05, 0.1) is 6.61 Å². The molecular weight excluding hydrogens is 233 g/mol. The quantitative estimate of drug-likeness (QED) is 0.411. The summed E-state index contributed by atoms with van der Waals surface area (Å²) < 4.78 is 74.7. The van der Waals surface area contributed by atoms with E-state index in [4.69, 9.17) is 0 Å². The molecule has 0 aromatic rings. The van der Waals surface area contributed by atoms with Crippen LogP contribution in [0.3, 0.4) is 0 Å². The molecule has 84 valence electrons. The fourth-order valence-corrected chi connectivity index (χ4v) is 1.39. The van der Waals surface area contributed by atoms with Gasteiger partial charge >= 0.3 is 11.8 Å². The molecule has 0 spiro atoms. The molecule has 0 bridgehead atoms. The first-order valence-corrected chi connectivity index (χ1v) is 4.52. The third-order valence-electron chi connectivity index (χ3n) is 0.901. The van der Waals surface area contributed by atoms with E-state index in [1.807, 2.05) is 0 Å². The van der Waals surface area contributed by atoms with Crippen molar-refractivity contribution in [1.82, 2.24) is 0 Å². The van der Waals surface area contributed by atoms with E-state index in [1.54, 1.807) is 0 Å². The van der Waals surface area contributed by atoms with E-state index in [2.05, 4.69) is 11.1 Å². The van der Waals surface area contributed by atoms with Crippen LogP contribution in [-0.4, -0.2) is 18.4 Å². The maximum absolute atomic E-state index is 11.8. The Morgan fingerprint density at radius 3 is 1.71 bits per heavy atom. The summed E-state index contributed by atoms with van der Waals surface area (Å²) in [5, 5.41) is 0. The molecule has 0 aromatic heterocycles. The second kappa shape index (κ2) is 4.49. The number of halogens is 6. The number of hydrogen-bond donors (Lipinski definition) is 0. The number of alkyl halides is 6. The molecule has 0 N–H and O–H groups in total. The van der Waals surface area contributed by atoms with Crippen molar-refractivity contribution in [2.75, 3.05) is 6.61 Å². The molecular formula is C6H7F6OP. The van der Waals surface area contributed by atoms with Gasteiger partial charge in [0.2, 0.25) is 0 Å². The summed E-state index contributed by atoms with van der Waals surface area (Å²) in [6, 6.07) is 0. The van der Waals surface area contributed by atoms with Gasteiger partial charge in [-0.1, -0.05) is 12.2 Å². The van der Waals surface area contributed by atoms with E-state index in [9.17, 15) is 26.3 Å². The Bertz CT molecular complexity index is 193. The van der Waals surface area contributed by atoms with Crippen molar-refractivity contribution in [3.05, 3.63) is 12.2 Å². The lowest BCUT2D eigenvalue weighted by Gasteiger charge is -2.22. The lowest BCUT2D eigenvalue weighted by Crippen LogP contribution is -2.20. The van der Waals surface area contributed by atoms with Crippen molar-refractivity contribution >= 4 is 8.15 Å². The molecule has 8 heteroatoms. The van der Waals surface area contributed by atoms with E-state index >= 15 is 0 Å². The first-order valence-electron chi connectivity index (χ1n) is 3.26. The van der Waals surface area contributed by atoms with Crippen LogP contribution in [0.25, 0.3) is 0 Å². The summed E-state index contributed by atoms with van der Waals surface area (Å²) in [6.07, 6.45) is 0. The molecule has 0 radical (unpaired) electrons. The van der Waals surface area contributed by atoms with E-state index in [0.717, 1.165) is 0 Å². The first kappa shape index (κ1) is 13.7. The Labute approximate surface area is 77.6 Å². The monoisotopic (exact) mass is 240 g/mol. The second-order valence-corrected chi connectivity index (χ2v) is 4.32. The van der Waals surface area contributed by atoms with Gasteiger partial charge in [-0.25, -0.2) is 0 Å². The normalized spacial score (nSPS) is 13.4. The third kappa shape index (κ3) is 4.81. The highest BCUT2D eigenvalue weighted by molar-refractivity contribution is 7.54. The predicted octanol–water partition coefficient (Wildman–Crippen LogP) is 4.02. The van der Waals surface area contributed by atoms with Crippen LogP contribution in [0.5, 0.6) is 0 Å². The molecule has 0 aromatic carbocycles. The molecule has 0 aliphatic rings. The molecule has 14 heavy (non-hydrogen) atoms. The van der Waals surface area contributed by atoms with Gasteiger partial charge in [-0.05, 0) is 6.92 Å². The van der Waals surface area contributed by atoms with Crippen molar-refractivity contribution in [2.24, 2.45) is 0 Å². The minimum atomic E-state index is -5.39. The average Bonchev–Trinajstić information content (AvgIpc) is 1.78. The first-order chi connectivity index (χ1) is 6.05. The zero-order chi connectivity index (χ0) is 11.6. The van der Waals surface area contributed by atoms with Gasteiger partial charge in [0.15, 0.2) is 0 Å². The molecule has 0 saturated carbocycles. The maximum Gasteiger partial charge on any atom is 0.439 e. The molecule has 0 aliphatic carbocycles. The van der Waals surface area contributed by atoms with Crippen LogP contribution in [0.2, 0.25) is 0 Å². The van der Waals surface area contributed by atoms with E-state index in [0.29, 0.717) is 0 Å². The van der Waals surface area contributed by atoms with Crippen molar-refractivity contribution in [1.29, 1.82) is 0 Å². The second-order valence-electron chi connectivity index (χ2n) is 2.46. The van der Waals surface area contributed by atoms with E-state index in [1.165, 1.54) is 6.92 Å². The van der Waals surface area contributed by atoms with Crippen molar-refractivity contribution in [3.8, 4) is 0 Å². The summed E-state index contributed by atoms with van der Waals surface area (Å²) in [6.45, 7) is 3.67. The van der Waals surface area contributed by atoms with Crippen molar-refractivity contribution in [2.45, 2.75) is 18.8 Å². The summed E-state index contributed by atoms with van der Waals surface area (Å²) >= 11 is 0. The van der Waals surface area contributed by atoms with Crippen LogP contribution in [0.1, 0.15) is 6.92 Å². The highest BCUT2D eigenvalue weighted by atomic mass is 31.1.